The highest BCUT2D eigenvalue weighted by molar-refractivity contribution is 6.30. The van der Waals surface area contributed by atoms with Crippen molar-refractivity contribution in [3.63, 3.8) is 0 Å². The zero-order chi connectivity index (χ0) is 18.1. The second kappa shape index (κ2) is 6.54. The van der Waals surface area contributed by atoms with Crippen molar-refractivity contribution in [2.45, 2.75) is 0 Å². The first-order valence-corrected chi connectivity index (χ1v) is 8.27. The lowest BCUT2D eigenvalue weighted by molar-refractivity contribution is 0.826. The Labute approximate surface area is 153 Å². The highest BCUT2D eigenvalue weighted by Gasteiger charge is 2.16. The zero-order valence-corrected chi connectivity index (χ0v) is 14.2. The van der Waals surface area contributed by atoms with E-state index in [4.69, 9.17) is 11.6 Å². The molecule has 0 saturated heterocycles. The zero-order valence-electron chi connectivity index (χ0n) is 13.5. The molecule has 5 nitrogen and oxygen atoms in total. The van der Waals surface area contributed by atoms with E-state index >= 15 is 0 Å². The third kappa shape index (κ3) is 2.68. The number of aromatic nitrogens is 2. The van der Waals surface area contributed by atoms with Crippen LogP contribution < -0.4 is 5.56 Å². The molecule has 0 unspecified atom stereocenters. The molecule has 0 saturated carbocycles. The lowest BCUT2D eigenvalue weighted by atomic mass is 10.1. The first kappa shape index (κ1) is 16.2. The molecule has 126 valence electrons. The van der Waals surface area contributed by atoms with Gasteiger partial charge in [-0.15, -0.1) is 4.91 Å². The van der Waals surface area contributed by atoms with Crippen molar-refractivity contribution in [1.82, 2.24) is 9.78 Å². The predicted octanol–water partition coefficient (Wildman–Crippen LogP) is 5.10. The molecule has 0 amide bonds. The van der Waals surface area contributed by atoms with Crippen LogP contribution in [0.25, 0.3) is 27.7 Å². The van der Waals surface area contributed by atoms with Crippen molar-refractivity contribution >= 4 is 28.1 Å². The first-order chi connectivity index (χ1) is 12.7. The third-order valence-electron chi connectivity index (χ3n) is 4.12. The van der Waals surface area contributed by atoms with Crippen molar-refractivity contribution < 1.29 is 0 Å². The van der Waals surface area contributed by atoms with E-state index in [0.717, 1.165) is 10.9 Å². The van der Waals surface area contributed by atoms with Crippen LogP contribution in [0.3, 0.4) is 0 Å². The van der Waals surface area contributed by atoms with E-state index in [1.165, 1.54) is 16.8 Å². The summed E-state index contributed by atoms with van der Waals surface area (Å²) >= 11 is 6.06. The van der Waals surface area contributed by atoms with Gasteiger partial charge in [-0.3, -0.25) is 4.79 Å². The number of rotatable bonds is 3. The van der Waals surface area contributed by atoms with Gasteiger partial charge < -0.3 is 0 Å². The monoisotopic (exact) mass is 361 g/mol. The molecule has 0 bridgehead atoms. The molecule has 1 aromatic heterocycles. The SMILES string of the molecule is O=Nc1ccc(Cl)cc1-n1nc(-c2ccccc2)c2ccccc2c1=O. The summed E-state index contributed by atoms with van der Waals surface area (Å²) in [6.45, 7) is 0. The Bertz CT molecular complexity index is 1190. The number of nitroso groups, excluding NO2 is 1. The summed E-state index contributed by atoms with van der Waals surface area (Å²) in [6, 6.07) is 21.3. The van der Waals surface area contributed by atoms with Crippen LogP contribution in [0.1, 0.15) is 0 Å². The molecule has 6 heteroatoms. The Morgan fingerprint density at radius 3 is 2.31 bits per heavy atom. The molecular weight excluding hydrogens is 350 g/mol. The topological polar surface area (TPSA) is 64.3 Å². The molecule has 0 atom stereocenters. The largest absolute Gasteiger partial charge is 0.279 e. The van der Waals surface area contributed by atoms with Gasteiger partial charge in [0.1, 0.15) is 5.69 Å². The molecule has 0 fully saturated rings. The fraction of sp³-hybridized carbons (Fsp3) is 0. The molecule has 0 radical (unpaired) electrons. The minimum Gasteiger partial charge on any atom is -0.267 e. The maximum absolute atomic E-state index is 13.0. The second-order valence-electron chi connectivity index (χ2n) is 5.70. The first-order valence-electron chi connectivity index (χ1n) is 7.90. The van der Waals surface area contributed by atoms with E-state index in [0.29, 0.717) is 16.1 Å². The summed E-state index contributed by atoms with van der Waals surface area (Å²) in [5.74, 6) is 0. The van der Waals surface area contributed by atoms with Crippen molar-refractivity contribution in [1.29, 1.82) is 0 Å². The Hall–Kier alpha value is -3.31. The Kier molecular flexibility index (Phi) is 4.07. The summed E-state index contributed by atoms with van der Waals surface area (Å²) in [5.41, 5.74) is 1.50. The predicted molar refractivity (Wildman–Crippen MR) is 103 cm³/mol. The van der Waals surface area contributed by atoms with Gasteiger partial charge in [-0.2, -0.15) is 9.78 Å². The molecule has 0 aliphatic carbocycles. The minimum absolute atomic E-state index is 0.0956. The maximum atomic E-state index is 13.0. The van der Waals surface area contributed by atoms with E-state index in [1.54, 1.807) is 18.2 Å². The average Bonchev–Trinajstić information content (AvgIpc) is 2.69. The van der Waals surface area contributed by atoms with Gasteiger partial charge in [-0.1, -0.05) is 60.1 Å². The number of nitrogens with zero attached hydrogens (tertiary/aromatic N) is 3. The summed E-state index contributed by atoms with van der Waals surface area (Å²) in [5, 5.41) is 9.16. The fourth-order valence-electron chi connectivity index (χ4n) is 2.91. The van der Waals surface area contributed by atoms with E-state index in [1.807, 2.05) is 42.5 Å². The van der Waals surface area contributed by atoms with E-state index in [-0.39, 0.29) is 16.9 Å². The van der Waals surface area contributed by atoms with Gasteiger partial charge in [0.25, 0.3) is 5.56 Å². The molecule has 4 aromatic rings. The summed E-state index contributed by atoms with van der Waals surface area (Å²) in [6.07, 6.45) is 0. The highest BCUT2D eigenvalue weighted by atomic mass is 35.5. The summed E-state index contributed by atoms with van der Waals surface area (Å²) in [7, 11) is 0. The van der Waals surface area contributed by atoms with Gasteiger partial charge in [-0.25, -0.2) is 0 Å². The normalized spacial score (nSPS) is 10.8. The van der Waals surface area contributed by atoms with Crippen molar-refractivity contribution in [2.75, 3.05) is 0 Å². The number of hydrogen-bond acceptors (Lipinski definition) is 4. The quantitative estimate of drug-likeness (QED) is 0.476. The number of benzene rings is 3. The maximum Gasteiger partial charge on any atom is 0.279 e. The molecule has 0 aliphatic rings. The molecule has 0 N–H and O–H groups in total. The number of halogens is 1. The molecule has 26 heavy (non-hydrogen) atoms. The van der Waals surface area contributed by atoms with Gasteiger partial charge in [-0.05, 0) is 29.4 Å². The Morgan fingerprint density at radius 2 is 1.58 bits per heavy atom. The standard InChI is InChI=1S/C20H12ClN3O2/c21-14-10-11-17(23-26)18(12-14)24-20(25)16-9-5-4-8-15(16)19(22-24)13-6-2-1-3-7-13/h1-12H. The fourth-order valence-corrected chi connectivity index (χ4v) is 3.07. The van der Waals surface area contributed by atoms with Crippen LogP contribution in [-0.2, 0) is 0 Å². The molecular formula is C20H12ClN3O2. The van der Waals surface area contributed by atoms with Crippen LogP contribution in [0.4, 0.5) is 5.69 Å². The Morgan fingerprint density at radius 1 is 0.885 bits per heavy atom. The smallest absolute Gasteiger partial charge is 0.267 e. The molecule has 4 rings (SSSR count). The van der Waals surface area contributed by atoms with Gasteiger partial charge in [0, 0.05) is 16.0 Å². The lowest BCUT2D eigenvalue weighted by Crippen LogP contribution is -2.22. The minimum atomic E-state index is -0.340. The van der Waals surface area contributed by atoms with Gasteiger partial charge in [0.15, 0.2) is 0 Å². The molecule has 0 spiro atoms. The van der Waals surface area contributed by atoms with Crippen molar-refractivity contribution in [3.8, 4) is 16.9 Å². The van der Waals surface area contributed by atoms with Crippen LogP contribution in [0, 0.1) is 4.91 Å². The van der Waals surface area contributed by atoms with Crippen LogP contribution in [0.5, 0.6) is 0 Å². The number of hydrogen-bond donors (Lipinski definition) is 0. The van der Waals surface area contributed by atoms with Crippen LogP contribution in [-0.4, -0.2) is 9.78 Å². The van der Waals surface area contributed by atoms with Crippen LogP contribution in [0.15, 0.2) is 82.8 Å². The van der Waals surface area contributed by atoms with Crippen molar-refractivity contribution in [2.24, 2.45) is 5.18 Å². The second-order valence-corrected chi connectivity index (χ2v) is 6.14. The number of fused-ring (bicyclic) bond motifs is 1. The molecule has 3 aromatic carbocycles. The van der Waals surface area contributed by atoms with Crippen molar-refractivity contribution in [3.05, 3.63) is 93.1 Å². The van der Waals surface area contributed by atoms with E-state index in [2.05, 4.69) is 10.3 Å². The average molecular weight is 362 g/mol. The molecule has 1 heterocycles. The third-order valence-corrected chi connectivity index (χ3v) is 4.35. The Balaban J connectivity index is 2.13. The highest BCUT2D eigenvalue weighted by Crippen LogP contribution is 2.29. The van der Waals surface area contributed by atoms with Gasteiger partial charge in [0.2, 0.25) is 0 Å². The lowest BCUT2D eigenvalue weighted by Gasteiger charge is -2.12. The summed E-state index contributed by atoms with van der Waals surface area (Å²) in [4.78, 5) is 24.2. The van der Waals surface area contributed by atoms with Crippen LogP contribution >= 0.6 is 11.6 Å². The molecule has 0 aliphatic heterocycles. The van der Waals surface area contributed by atoms with E-state index < -0.39 is 0 Å². The van der Waals surface area contributed by atoms with Gasteiger partial charge >= 0.3 is 0 Å². The van der Waals surface area contributed by atoms with E-state index in [9.17, 15) is 9.70 Å². The van der Waals surface area contributed by atoms with Gasteiger partial charge in [0.05, 0.1) is 16.8 Å². The van der Waals surface area contributed by atoms with Crippen LogP contribution in [0.2, 0.25) is 5.02 Å². The summed E-state index contributed by atoms with van der Waals surface area (Å²) < 4.78 is 1.19.